The number of fused-ring (bicyclic) bond motifs is 1. The van der Waals surface area contributed by atoms with Crippen LogP contribution < -0.4 is 10.1 Å². The average molecular weight is 498 g/mol. The van der Waals surface area contributed by atoms with E-state index in [1.807, 2.05) is 25.1 Å². The molecule has 0 bridgehead atoms. The van der Waals surface area contributed by atoms with E-state index in [4.69, 9.17) is 25.8 Å². The standard InChI is InChI=1S/C23H24ClN7O4/c1-14-8-26-20(10-25-14)30-22(32)19(12-34-15(2)11-33-3)35-23-16-9-29-31(21(16)27-13-28-23)18-7-5-4-6-17(18)24/h4-10,13,15,19H,11-12H2,1-3H3,(H,26,30,32). The number of anilines is 1. The lowest BCUT2D eigenvalue weighted by Crippen LogP contribution is -2.39. The van der Waals surface area contributed by atoms with Crippen molar-refractivity contribution in [2.45, 2.75) is 26.1 Å². The molecule has 0 saturated carbocycles. The maximum atomic E-state index is 13.1. The number of hydrogen-bond donors (Lipinski definition) is 1. The second kappa shape index (κ2) is 11.2. The minimum atomic E-state index is -1.06. The summed E-state index contributed by atoms with van der Waals surface area (Å²) in [6.07, 6.45) is 4.60. The van der Waals surface area contributed by atoms with Crippen molar-refractivity contribution in [3.63, 3.8) is 0 Å². The Morgan fingerprint density at radius 3 is 2.69 bits per heavy atom. The molecule has 182 valence electrons. The second-order valence-corrected chi connectivity index (χ2v) is 8.07. The third-order valence-corrected chi connectivity index (χ3v) is 5.24. The van der Waals surface area contributed by atoms with Crippen LogP contribution in [0.1, 0.15) is 12.6 Å². The van der Waals surface area contributed by atoms with Crippen LogP contribution in [0.25, 0.3) is 16.7 Å². The summed E-state index contributed by atoms with van der Waals surface area (Å²) in [5, 5.41) is 8.11. The van der Waals surface area contributed by atoms with E-state index >= 15 is 0 Å². The van der Waals surface area contributed by atoms with Gasteiger partial charge in [-0.3, -0.25) is 9.78 Å². The molecular formula is C23H24ClN7O4. The Kier molecular flexibility index (Phi) is 7.80. The summed E-state index contributed by atoms with van der Waals surface area (Å²) in [5.74, 6) is -0.0111. The number of carbonyl (C=O) groups excluding carboxylic acids is 1. The monoisotopic (exact) mass is 497 g/mol. The van der Waals surface area contributed by atoms with Crippen LogP contribution in [0.3, 0.4) is 0 Å². The molecule has 2 unspecified atom stereocenters. The topological polar surface area (TPSA) is 126 Å². The molecule has 11 nitrogen and oxygen atoms in total. The van der Waals surface area contributed by atoms with Gasteiger partial charge >= 0.3 is 0 Å². The summed E-state index contributed by atoms with van der Waals surface area (Å²) in [6, 6.07) is 7.25. The minimum absolute atomic E-state index is 0.0558. The fraction of sp³-hybridized carbons (Fsp3) is 0.304. The Hall–Kier alpha value is -3.67. The van der Waals surface area contributed by atoms with Crippen LogP contribution >= 0.6 is 11.6 Å². The van der Waals surface area contributed by atoms with Crippen molar-refractivity contribution in [2.75, 3.05) is 25.6 Å². The number of aromatic nitrogens is 6. The summed E-state index contributed by atoms with van der Waals surface area (Å²) >= 11 is 6.34. The van der Waals surface area contributed by atoms with Gasteiger partial charge in [0.1, 0.15) is 11.7 Å². The van der Waals surface area contributed by atoms with Crippen molar-refractivity contribution in [1.82, 2.24) is 29.7 Å². The molecule has 1 amide bonds. The highest BCUT2D eigenvalue weighted by atomic mass is 35.5. The number of para-hydroxylation sites is 1. The number of benzene rings is 1. The number of aryl methyl sites for hydroxylation is 1. The number of rotatable bonds is 10. The van der Waals surface area contributed by atoms with E-state index in [1.165, 1.54) is 12.5 Å². The molecule has 35 heavy (non-hydrogen) atoms. The largest absolute Gasteiger partial charge is 0.461 e. The maximum absolute atomic E-state index is 13.1. The second-order valence-electron chi connectivity index (χ2n) is 7.66. The van der Waals surface area contributed by atoms with Crippen molar-refractivity contribution in [1.29, 1.82) is 0 Å². The first-order valence-corrected chi connectivity index (χ1v) is 11.1. The molecule has 3 aromatic heterocycles. The van der Waals surface area contributed by atoms with Gasteiger partial charge in [0.2, 0.25) is 12.0 Å². The zero-order valence-electron chi connectivity index (χ0n) is 19.4. The zero-order valence-corrected chi connectivity index (χ0v) is 20.1. The van der Waals surface area contributed by atoms with E-state index in [-0.39, 0.29) is 18.6 Å². The first kappa shape index (κ1) is 24.5. The molecule has 0 fully saturated rings. The highest BCUT2D eigenvalue weighted by Gasteiger charge is 2.25. The van der Waals surface area contributed by atoms with Gasteiger partial charge in [-0.25, -0.2) is 19.6 Å². The Morgan fingerprint density at radius 2 is 1.94 bits per heavy atom. The average Bonchev–Trinajstić information content (AvgIpc) is 3.28. The molecule has 2 atom stereocenters. The highest BCUT2D eigenvalue weighted by molar-refractivity contribution is 6.32. The smallest absolute Gasteiger partial charge is 0.269 e. The third kappa shape index (κ3) is 5.88. The lowest BCUT2D eigenvalue weighted by Gasteiger charge is -2.20. The van der Waals surface area contributed by atoms with Crippen molar-refractivity contribution in [2.24, 2.45) is 0 Å². The normalized spacial score (nSPS) is 12.9. The van der Waals surface area contributed by atoms with Gasteiger partial charge in [-0.1, -0.05) is 23.7 Å². The molecule has 4 aromatic rings. The van der Waals surface area contributed by atoms with E-state index in [0.29, 0.717) is 34.2 Å². The summed E-state index contributed by atoms with van der Waals surface area (Å²) < 4.78 is 18.5. The number of methoxy groups -OCH3 is 1. The van der Waals surface area contributed by atoms with Gasteiger partial charge in [-0.15, -0.1) is 0 Å². The van der Waals surface area contributed by atoms with E-state index < -0.39 is 12.0 Å². The summed E-state index contributed by atoms with van der Waals surface area (Å²) in [7, 11) is 1.57. The zero-order chi connectivity index (χ0) is 24.8. The number of amides is 1. The molecule has 1 aromatic carbocycles. The Balaban J connectivity index is 1.61. The van der Waals surface area contributed by atoms with Crippen LogP contribution in [0.4, 0.5) is 5.82 Å². The molecule has 0 aliphatic heterocycles. The molecule has 0 saturated heterocycles. The number of nitrogens with one attached hydrogen (secondary N) is 1. The molecule has 1 N–H and O–H groups in total. The van der Waals surface area contributed by atoms with Crippen molar-refractivity contribution >= 4 is 34.4 Å². The Bertz CT molecular complexity index is 1300. The van der Waals surface area contributed by atoms with Crippen molar-refractivity contribution in [3.05, 3.63) is 59.9 Å². The van der Waals surface area contributed by atoms with Gasteiger partial charge in [0.15, 0.2) is 11.5 Å². The van der Waals surface area contributed by atoms with Crippen LogP contribution in [0.5, 0.6) is 5.88 Å². The van der Waals surface area contributed by atoms with Crippen LogP contribution in [-0.4, -0.2) is 68.2 Å². The number of nitrogens with zero attached hydrogens (tertiary/aromatic N) is 6. The first-order chi connectivity index (χ1) is 17.0. The van der Waals surface area contributed by atoms with Crippen molar-refractivity contribution in [3.8, 4) is 11.6 Å². The summed E-state index contributed by atoms with van der Waals surface area (Å²) in [4.78, 5) is 30.0. The lowest BCUT2D eigenvalue weighted by atomic mass is 10.3. The molecule has 0 radical (unpaired) electrons. The fourth-order valence-corrected chi connectivity index (χ4v) is 3.43. The molecular weight excluding hydrogens is 474 g/mol. The predicted molar refractivity (Wildman–Crippen MR) is 129 cm³/mol. The van der Waals surface area contributed by atoms with E-state index in [9.17, 15) is 4.79 Å². The first-order valence-electron chi connectivity index (χ1n) is 10.8. The SMILES string of the molecule is COCC(C)OCC(Oc1ncnc2c1cnn2-c1ccccc1Cl)C(=O)Nc1cnc(C)cn1. The quantitative estimate of drug-likeness (QED) is 0.351. The third-order valence-electron chi connectivity index (χ3n) is 4.92. The number of halogens is 1. The molecule has 3 heterocycles. The van der Waals surface area contributed by atoms with Crippen LogP contribution in [0.2, 0.25) is 5.02 Å². The fourth-order valence-electron chi connectivity index (χ4n) is 3.21. The molecule has 0 spiro atoms. The van der Waals surface area contributed by atoms with Gasteiger partial charge in [-0.2, -0.15) is 5.10 Å². The van der Waals surface area contributed by atoms with Crippen LogP contribution in [0.15, 0.2) is 49.2 Å². The van der Waals surface area contributed by atoms with Gasteiger partial charge in [-0.05, 0) is 26.0 Å². The van der Waals surface area contributed by atoms with Crippen molar-refractivity contribution < 1.29 is 19.0 Å². The highest BCUT2D eigenvalue weighted by Crippen LogP contribution is 2.27. The van der Waals surface area contributed by atoms with Gasteiger partial charge < -0.3 is 19.5 Å². The molecule has 0 aliphatic carbocycles. The van der Waals surface area contributed by atoms with E-state index in [2.05, 4.69) is 30.4 Å². The summed E-state index contributed by atoms with van der Waals surface area (Å²) in [5.41, 5.74) is 1.85. The Labute approximate surface area is 206 Å². The Morgan fingerprint density at radius 1 is 1.11 bits per heavy atom. The molecule has 12 heteroatoms. The van der Waals surface area contributed by atoms with E-state index in [1.54, 1.807) is 37.2 Å². The molecule has 4 rings (SSSR count). The van der Waals surface area contributed by atoms with Gasteiger partial charge in [0.25, 0.3) is 5.91 Å². The number of carbonyl (C=O) groups is 1. The van der Waals surface area contributed by atoms with E-state index in [0.717, 1.165) is 5.69 Å². The van der Waals surface area contributed by atoms with Crippen LogP contribution in [0, 0.1) is 6.92 Å². The van der Waals surface area contributed by atoms with Crippen LogP contribution in [-0.2, 0) is 14.3 Å². The number of hydrogen-bond acceptors (Lipinski definition) is 9. The molecule has 0 aliphatic rings. The summed E-state index contributed by atoms with van der Waals surface area (Å²) in [6.45, 7) is 3.94. The maximum Gasteiger partial charge on any atom is 0.269 e. The minimum Gasteiger partial charge on any atom is -0.461 e. The lowest BCUT2D eigenvalue weighted by molar-refractivity contribution is -0.127. The number of ether oxygens (including phenoxy) is 3. The van der Waals surface area contributed by atoms with Gasteiger partial charge in [0.05, 0.1) is 54.3 Å². The predicted octanol–water partition coefficient (Wildman–Crippen LogP) is 3.00. The van der Waals surface area contributed by atoms with Gasteiger partial charge in [0, 0.05) is 7.11 Å².